The van der Waals surface area contributed by atoms with E-state index in [4.69, 9.17) is 4.74 Å². The topological polar surface area (TPSA) is 41.6 Å². The highest BCUT2D eigenvalue weighted by Gasteiger charge is 2.23. The molecule has 0 spiro atoms. The third-order valence-corrected chi connectivity index (χ3v) is 4.77. The van der Waals surface area contributed by atoms with Crippen molar-refractivity contribution in [3.8, 4) is 0 Å². The summed E-state index contributed by atoms with van der Waals surface area (Å²) in [5, 5.41) is 3.26. The van der Waals surface area contributed by atoms with Gasteiger partial charge in [0, 0.05) is 26.5 Å². The summed E-state index contributed by atoms with van der Waals surface area (Å²) in [6, 6.07) is 3.60. The van der Waals surface area contributed by atoms with Gasteiger partial charge in [-0.3, -0.25) is 4.79 Å². The van der Waals surface area contributed by atoms with Crippen molar-refractivity contribution >= 4 is 59.4 Å². The third-order valence-electron chi connectivity index (χ3n) is 3.06. The Hall–Kier alpha value is -0.110. The fraction of sp³-hybridized carbons (Fsp3) is 0.462. The average Bonchev–Trinajstić information content (AvgIpc) is 2.42. The van der Waals surface area contributed by atoms with Crippen LogP contribution in [0.4, 0.5) is 5.69 Å². The van der Waals surface area contributed by atoms with Gasteiger partial charge in [-0.1, -0.05) is 15.9 Å². The molecule has 7 heteroatoms. The number of nitrogens with zero attached hydrogens (tertiary/aromatic N) is 1. The van der Waals surface area contributed by atoms with Crippen LogP contribution in [-0.4, -0.2) is 43.2 Å². The van der Waals surface area contributed by atoms with Crippen molar-refractivity contribution in [3.05, 3.63) is 25.6 Å². The van der Waals surface area contributed by atoms with Crippen molar-refractivity contribution in [2.24, 2.45) is 0 Å². The summed E-state index contributed by atoms with van der Waals surface area (Å²) in [4.78, 5) is 14.2. The van der Waals surface area contributed by atoms with Gasteiger partial charge in [0.05, 0.1) is 18.9 Å². The van der Waals surface area contributed by atoms with E-state index in [9.17, 15) is 4.79 Å². The number of ether oxygens (including phenoxy) is 1. The first kappa shape index (κ1) is 16.3. The maximum atomic E-state index is 12.4. The van der Waals surface area contributed by atoms with Gasteiger partial charge in [-0.2, -0.15) is 0 Å². The number of hydrogen-bond donors (Lipinski definition) is 1. The molecule has 4 nitrogen and oxygen atoms in total. The number of morpholine rings is 1. The lowest BCUT2D eigenvalue weighted by molar-refractivity contribution is -0.135. The average molecular weight is 471 g/mol. The van der Waals surface area contributed by atoms with Crippen LogP contribution in [0.2, 0.25) is 0 Å². The predicted octanol–water partition coefficient (Wildman–Crippen LogP) is 3.63. The normalized spacial score (nSPS) is 16.9. The molecule has 0 radical (unpaired) electrons. The van der Waals surface area contributed by atoms with E-state index in [2.05, 4.69) is 53.1 Å². The molecule has 1 heterocycles. The molecule has 1 aliphatic rings. The number of anilines is 1. The molecule has 110 valence electrons. The van der Waals surface area contributed by atoms with Crippen molar-refractivity contribution in [1.29, 1.82) is 0 Å². The Bertz CT molecular complexity index is 481. The van der Waals surface area contributed by atoms with E-state index in [0.29, 0.717) is 26.3 Å². The van der Waals surface area contributed by atoms with Gasteiger partial charge in [-0.15, -0.1) is 0 Å². The maximum Gasteiger partial charge on any atom is 0.244 e. The third kappa shape index (κ3) is 3.96. The van der Waals surface area contributed by atoms with Crippen molar-refractivity contribution < 1.29 is 9.53 Å². The van der Waals surface area contributed by atoms with Gasteiger partial charge in [-0.25, -0.2) is 0 Å². The van der Waals surface area contributed by atoms with E-state index in [-0.39, 0.29) is 11.9 Å². The molecule has 0 saturated carbocycles. The minimum absolute atomic E-state index is 0.0926. The van der Waals surface area contributed by atoms with Crippen LogP contribution in [0.5, 0.6) is 0 Å². The number of halogens is 3. The van der Waals surface area contributed by atoms with Crippen LogP contribution < -0.4 is 5.32 Å². The van der Waals surface area contributed by atoms with E-state index >= 15 is 0 Å². The monoisotopic (exact) mass is 468 g/mol. The number of hydrogen-bond acceptors (Lipinski definition) is 3. The molecular weight excluding hydrogens is 456 g/mol. The van der Waals surface area contributed by atoms with E-state index in [0.717, 1.165) is 19.1 Å². The van der Waals surface area contributed by atoms with Crippen LogP contribution in [0.1, 0.15) is 6.92 Å². The molecule has 1 aromatic carbocycles. The Labute approximate surface area is 143 Å². The largest absolute Gasteiger partial charge is 0.378 e. The van der Waals surface area contributed by atoms with Crippen LogP contribution in [0.15, 0.2) is 25.6 Å². The number of benzene rings is 1. The van der Waals surface area contributed by atoms with Crippen LogP contribution in [0.25, 0.3) is 0 Å². The molecule has 1 atom stereocenters. The second-order valence-corrected chi connectivity index (χ2v) is 7.17. The molecule has 1 aromatic rings. The van der Waals surface area contributed by atoms with Gasteiger partial charge in [0.1, 0.15) is 6.04 Å². The lowest BCUT2D eigenvalue weighted by Gasteiger charge is -2.30. The first-order valence-electron chi connectivity index (χ1n) is 6.26. The van der Waals surface area contributed by atoms with Crippen LogP contribution >= 0.6 is 47.8 Å². The lowest BCUT2D eigenvalue weighted by Crippen LogP contribution is -2.47. The summed E-state index contributed by atoms with van der Waals surface area (Å²) in [7, 11) is 0. The zero-order chi connectivity index (χ0) is 14.7. The quantitative estimate of drug-likeness (QED) is 0.733. The zero-order valence-electron chi connectivity index (χ0n) is 11.0. The molecule has 1 fully saturated rings. The molecule has 20 heavy (non-hydrogen) atoms. The first-order valence-corrected chi connectivity index (χ1v) is 8.64. The minimum atomic E-state index is -0.290. The molecule has 0 aliphatic carbocycles. The highest BCUT2D eigenvalue weighted by molar-refractivity contribution is 9.11. The molecule has 1 saturated heterocycles. The number of nitrogens with one attached hydrogen (secondary N) is 1. The van der Waals surface area contributed by atoms with Crippen molar-refractivity contribution in [2.45, 2.75) is 13.0 Å². The van der Waals surface area contributed by atoms with Crippen LogP contribution in [0, 0.1) is 0 Å². The van der Waals surface area contributed by atoms with Crippen molar-refractivity contribution in [2.75, 3.05) is 31.6 Å². The molecule has 2 rings (SSSR count). The SMILES string of the molecule is CC(Nc1c(Br)cc(Br)cc1Br)C(=O)N1CCOCC1. The fourth-order valence-electron chi connectivity index (χ4n) is 2.02. The van der Waals surface area contributed by atoms with Crippen molar-refractivity contribution in [1.82, 2.24) is 4.90 Å². The van der Waals surface area contributed by atoms with E-state index in [1.165, 1.54) is 0 Å². The molecule has 1 unspecified atom stereocenters. The fourth-order valence-corrected chi connectivity index (χ4v) is 4.50. The number of rotatable bonds is 3. The standard InChI is InChI=1S/C13H15Br3N2O2/c1-8(13(19)18-2-4-20-5-3-18)17-12-10(15)6-9(14)7-11(12)16/h6-8,17H,2-5H2,1H3. The van der Waals surface area contributed by atoms with Gasteiger partial charge in [0.2, 0.25) is 5.91 Å². The summed E-state index contributed by atoms with van der Waals surface area (Å²) in [6.07, 6.45) is 0. The number of amides is 1. The Kier molecular flexibility index (Phi) is 5.89. The highest BCUT2D eigenvalue weighted by Crippen LogP contribution is 2.34. The van der Waals surface area contributed by atoms with Gasteiger partial charge < -0.3 is 15.0 Å². The first-order chi connectivity index (χ1) is 9.49. The minimum Gasteiger partial charge on any atom is -0.378 e. The highest BCUT2D eigenvalue weighted by atomic mass is 79.9. The van der Waals surface area contributed by atoms with E-state index < -0.39 is 0 Å². The van der Waals surface area contributed by atoms with Gasteiger partial charge >= 0.3 is 0 Å². The Morgan fingerprint density at radius 2 is 1.80 bits per heavy atom. The Morgan fingerprint density at radius 3 is 2.35 bits per heavy atom. The smallest absolute Gasteiger partial charge is 0.244 e. The van der Waals surface area contributed by atoms with E-state index in [1.54, 1.807) is 0 Å². The zero-order valence-corrected chi connectivity index (χ0v) is 15.7. The Balaban J connectivity index is 2.07. The number of carbonyl (C=O) groups is 1. The second kappa shape index (κ2) is 7.24. The van der Waals surface area contributed by atoms with Gasteiger partial charge in [0.25, 0.3) is 0 Å². The predicted molar refractivity (Wildman–Crippen MR) is 90.0 cm³/mol. The van der Waals surface area contributed by atoms with E-state index in [1.807, 2.05) is 24.0 Å². The molecule has 0 bridgehead atoms. The molecule has 1 amide bonds. The van der Waals surface area contributed by atoms with Gasteiger partial charge in [0.15, 0.2) is 0 Å². The molecule has 0 aromatic heterocycles. The van der Waals surface area contributed by atoms with Crippen LogP contribution in [0.3, 0.4) is 0 Å². The summed E-state index contributed by atoms with van der Waals surface area (Å²) >= 11 is 10.4. The summed E-state index contributed by atoms with van der Waals surface area (Å²) in [6.45, 7) is 4.42. The maximum absolute atomic E-state index is 12.4. The van der Waals surface area contributed by atoms with Crippen molar-refractivity contribution in [3.63, 3.8) is 0 Å². The summed E-state index contributed by atoms with van der Waals surface area (Å²) < 4.78 is 8.04. The van der Waals surface area contributed by atoms with Gasteiger partial charge in [-0.05, 0) is 50.9 Å². The molecule has 1 N–H and O–H groups in total. The second-order valence-electron chi connectivity index (χ2n) is 4.55. The number of carbonyl (C=O) groups excluding carboxylic acids is 1. The summed E-state index contributed by atoms with van der Waals surface area (Å²) in [5.74, 6) is 0.0926. The van der Waals surface area contributed by atoms with Crippen LogP contribution in [-0.2, 0) is 9.53 Å². The lowest BCUT2D eigenvalue weighted by atomic mass is 10.2. The molecule has 1 aliphatic heterocycles. The summed E-state index contributed by atoms with van der Waals surface area (Å²) in [5.41, 5.74) is 0.877. The Morgan fingerprint density at radius 1 is 1.25 bits per heavy atom. The molecular formula is C13H15Br3N2O2.